The number of carboxylic acids is 1. The highest BCUT2D eigenvalue weighted by molar-refractivity contribution is 8.01. The Kier molecular flexibility index (Phi) is 4.45. The van der Waals surface area contributed by atoms with E-state index in [-0.39, 0.29) is 0 Å². The zero-order chi connectivity index (χ0) is 12.3. The number of aromatic carboxylic acids is 1. The Labute approximate surface area is 110 Å². The Morgan fingerprint density at radius 2 is 2.18 bits per heavy atom. The minimum atomic E-state index is -0.838. The van der Waals surface area contributed by atoms with Crippen molar-refractivity contribution in [1.82, 2.24) is 4.98 Å². The first-order valence-corrected chi connectivity index (χ1v) is 7.80. The van der Waals surface area contributed by atoms with E-state index >= 15 is 0 Å². The van der Waals surface area contributed by atoms with Crippen molar-refractivity contribution in [3.05, 3.63) is 10.6 Å². The van der Waals surface area contributed by atoms with Crippen molar-refractivity contribution >= 4 is 29.1 Å². The van der Waals surface area contributed by atoms with Crippen LogP contribution in [0.1, 0.15) is 54.4 Å². The molecule has 1 fully saturated rings. The average molecular weight is 271 g/mol. The van der Waals surface area contributed by atoms with Crippen LogP contribution >= 0.6 is 23.1 Å². The predicted molar refractivity (Wildman–Crippen MR) is 71.2 cm³/mol. The summed E-state index contributed by atoms with van der Waals surface area (Å²) in [4.78, 5) is 15.9. The molecule has 1 aliphatic rings. The minimum absolute atomic E-state index is 0.422. The van der Waals surface area contributed by atoms with Crippen molar-refractivity contribution in [2.75, 3.05) is 0 Å². The van der Waals surface area contributed by atoms with Gasteiger partial charge in [-0.3, -0.25) is 0 Å². The van der Waals surface area contributed by atoms with Crippen molar-refractivity contribution in [3.63, 3.8) is 0 Å². The number of nitrogens with zero attached hydrogens (tertiary/aromatic N) is 1. The van der Waals surface area contributed by atoms with Gasteiger partial charge >= 0.3 is 5.97 Å². The van der Waals surface area contributed by atoms with Crippen molar-refractivity contribution in [3.8, 4) is 0 Å². The van der Waals surface area contributed by atoms with E-state index in [1.54, 1.807) is 11.8 Å². The molecule has 1 aromatic rings. The average Bonchev–Trinajstić information content (AvgIpc) is 2.73. The van der Waals surface area contributed by atoms with Gasteiger partial charge in [0.1, 0.15) is 4.88 Å². The van der Waals surface area contributed by atoms with Gasteiger partial charge in [-0.05, 0) is 19.3 Å². The highest BCUT2D eigenvalue weighted by atomic mass is 32.2. The predicted octanol–water partition coefficient (Wildman–Crippen LogP) is 3.83. The van der Waals surface area contributed by atoms with Gasteiger partial charge in [-0.15, -0.1) is 11.3 Å². The summed E-state index contributed by atoms with van der Waals surface area (Å²) in [6.07, 6.45) is 7.13. The lowest BCUT2D eigenvalue weighted by atomic mass is 10.0. The normalized spacial score (nSPS) is 17.2. The van der Waals surface area contributed by atoms with Gasteiger partial charge in [0.15, 0.2) is 4.34 Å². The Bertz CT molecular complexity index is 397. The molecule has 0 aliphatic heterocycles. The van der Waals surface area contributed by atoms with Crippen molar-refractivity contribution in [2.24, 2.45) is 0 Å². The molecule has 0 bridgehead atoms. The molecule has 0 radical (unpaired) electrons. The molecule has 0 atom stereocenters. The summed E-state index contributed by atoms with van der Waals surface area (Å²) >= 11 is 3.11. The summed E-state index contributed by atoms with van der Waals surface area (Å²) in [5.74, 6) is -0.838. The van der Waals surface area contributed by atoms with Crippen molar-refractivity contribution < 1.29 is 9.90 Å². The molecule has 2 rings (SSSR count). The molecule has 1 N–H and O–H groups in total. The molecule has 0 saturated heterocycles. The molecule has 0 spiro atoms. The van der Waals surface area contributed by atoms with E-state index in [2.05, 4.69) is 4.98 Å². The number of carboxylic acid groups (broad SMARTS) is 1. The fraction of sp³-hybridized carbons (Fsp3) is 0.667. The number of hydrogen-bond acceptors (Lipinski definition) is 4. The molecule has 1 heterocycles. The van der Waals surface area contributed by atoms with Crippen LogP contribution in [0.3, 0.4) is 0 Å². The van der Waals surface area contributed by atoms with E-state index in [9.17, 15) is 4.79 Å². The highest BCUT2D eigenvalue weighted by Gasteiger charge is 2.20. The largest absolute Gasteiger partial charge is 0.477 e. The summed E-state index contributed by atoms with van der Waals surface area (Å²) in [5, 5.41) is 9.72. The smallest absolute Gasteiger partial charge is 0.347 e. The van der Waals surface area contributed by atoms with Crippen LogP contribution in [0.4, 0.5) is 0 Å². The lowest BCUT2D eigenvalue weighted by Gasteiger charge is -2.19. The summed E-state index contributed by atoms with van der Waals surface area (Å²) in [5.41, 5.74) is 0.737. The van der Waals surface area contributed by atoms with Gasteiger partial charge in [0.25, 0.3) is 0 Å². The number of aryl methyl sites for hydroxylation is 1. The first kappa shape index (κ1) is 12.9. The van der Waals surface area contributed by atoms with Gasteiger partial charge in [0.2, 0.25) is 0 Å². The number of rotatable bonds is 4. The van der Waals surface area contributed by atoms with Crippen LogP contribution in [0.5, 0.6) is 0 Å². The number of aromatic nitrogens is 1. The monoisotopic (exact) mass is 271 g/mol. The Hall–Kier alpha value is -0.550. The van der Waals surface area contributed by atoms with E-state index in [1.165, 1.54) is 43.4 Å². The maximum Gasteiger partial charge on any atom is 0.347 e. The first-order valence-electron chi connectivity index (χ1n) is 6.10. The van der Waals surface area contributed by atoms with Crippen LogP contribution in [0.25, 0.3) is 0 Å². The Morgan fingerprint density at radius 3 is 2.71 bits per heavy atom. The molecule has 0 unspecified atom stereocenters. The SMILES string of the molecule is CCc1nc(SC2CCCCC2)sc1C(=O)O. The number of hydrogen-bond donors (Lipinski definition) is 1. The quantitative estimate of drug-likeness (QED) is 0.904. The second-order valence-corrected chi connectivity index (χ2v) is 6.84. The molecule has 3 nitrogen and oxygen atoms in total. The van der Waals surface area contributed by atoms with Crippen molar-refractivity contribution in [1.29, 1.82) is 0 Å². The topological polar surface area (TPSA) is 50.2 Å². The summed E-state index contributed by atoms with van der Waals surface area (Å²) < 4.78 is 0.936. The number of thiazole rings is 1. The maximum absolute atomic E-state index is 11.0. The molecular formula is C12H17NO2S2. The molecule has 1 aliphatic carbocycles. The summed E-state index contributed by atoms with van der Waals surface area (Å²) in [6, 6.07) is 0. The molecule has 17 heavy (non-hydrogen) atoms. The zero-order valence-corrected chi connectivity index (χ0v) is 11.6. The maximum atomic E-state index is 11.0. The highest BCUT2D eigenvalue weighted by Crippen LogP contribution is 2.36. The number of carbonyl (C=O) groups is 1. The third kappa shape index (κ3) is 3.22. The fourth-order valence-corrected chi connectivity index (χ4v) is 4.71. The van der Waals surface area contributed by atoms with E-state index in [1.807, 2.05) is 6.92 Å². The van der Waals surface area contributed by atoms with Gasteiger partial charge in [0, 0.05) is 5.25 Å². The molecule has 0 amide bonds. The summed E-state index contributed by atoms with van der Waals surface area (Å²) in [7, 11) is 0. The number of thioether (sulfide) groups is 1. The zero-order valence-electron chi connectivity index (χ0n) is 9.94. The third-order valence-corrected chi connectivity index (χ3v) is 5.54. The van der Waals surface area contributed by atoms with Crippen LogP contribution in [0.15, 0.2) is 4.34 Å². The lowest BCUT2D eigenvalue weighted by molar-refractivity contribution is 0.0701. The molecular weight excluding hydrogens is 254 g/mol. The fourth-order valence-electron chi connectivity index (χ4n) is 2.11. The van der Waals surface area contributed by atoms with Crippen LogP contribution < -0.4 is 0 Å². The van der Waals surface area contributed by atoms with Gasteiger partial charge in [-0.1, -0.05) is 37.9 Å². The molecule has 0 aromatic carbocycles. The Balaban J connectivity index is 2.07. The van der Waals surface area contributed by atoms with Crippen LogP contribution in [0, 0.1) is 0 Å². The minimum Gasteiger partial charge on any atom is -0.477 e. The lowest BCUT2D eigenvalue weighted by Crippen LogP contribution is -2.07. The van der Waals surface area contributed by atoms with E-state index in [0.717, 1.165) is 10.0 Å². The summed E-state index contributed by atoms with van der Waals surface area (Å²) in [6.45, 7) is 1.95. The van der Waals surface area contributed by atoms with Gasteiger partial charge in [-0.2, -0.15) is 0 Å². The van der Waals surface area contributed by atoms with E-state index in [4.69, 9.17) is 5.11 Å². The molecule has 5 heteroatoms. The second-order valence-electron chi connectivity index (χ2n) is 4.29. The molecule has 1 saturated carbocycles. The van der Waals surface area contributed by atoms with E-state index in [0.29, 0.717) is 16.5 Å². The van der Waals surface area contributed by atoms with Crippen molar-refractivity contribution in [2.45, 2.75) is 55.0 Å². The van der Waals surface area contributed by atoms with Crippen LogP contribution in [-0.2, 0) is 6.42 Å². The van der Waals surface area contributed by atoms with Gasteiger partial charge in [-0.25, -0.2) is 9.78 Å². The van der Waals surface area contributed by atoms with Gasteiger partial charge in [0.05, 0.1) is 5.69 Å². The second kappa shape index (κ2) is 5.87. The first-order chi connectivity index (χ1) is 8.20. The Morgan fingerprint density at radius 1 is 1.47 bits per heavy atom. The standard InChI is InChI=1S/C12H17NO2S2/c1-2-9-10(11(14)15)17-12(13-9)16-8-6-4-3-5-7-8/h8H,2-7H2,1H3,(H,14,15). The third-order valence-electron chi connectivity index (χ3n) is 3.03. The van der Waals surface area contributed by atoms with Crippen LogP contribution in [-0.4, -0.2) is 21.3 Å². The van der Waals surface area contributed by atoms with Crippen LogP contribution in [0.2, 0.25) is 0 Å². The molecule has 1 aromatic heterocycles. The van der Waals surface area contributed by atoms with E-state index < -0.39 is 5.97 Å². The molecule has 94 valence electrons. The van der Waals surface area contributed by atoms with Gasteiger partial charge < -0.3 is 5.11 Å².